The molecule has 1 aromatic carbocycles. The summed E-state index contributed by atoms with van der Waals surface area (Å²) in [6, 6.07) is 6.67. The summed E-state index contributed by atoms with van der Waals surface area (Å²) in [5.41, 5.74) is 0. The van der Waals surface area contributed by atoms with Crippen LogP contribution in [0.5, 0.6) is 5.75 Å². The minimum atomic E-state index is 0.133. The highest BCUT2D eigenvalue weighted by atomic mass is 35.5. The molecule has 0 aromatic heterocycles. The molecule has 3 rings (SSSR count). The second-order valence-electron chi connectivity index (χ2n) is 3.90. The standard InChI is InChI=1S/C6H5ClO.C6H10O3/c7-5-3-1-2-4-6(5)8;1(5-3-8-5)7-2-6-4-9-6/h1-4,8H;5-6H,1-4H2. The van der Waals surface area contributed by atoms with Gasteiger partial charge in [0.2, 0.25) is 0 Å². The topological polar surface area (TPSA) is 54.5 Å². The van der Waals surface area contributed by atoms with E-state index in [-0.39, 0.29) is 5.75 Å². The van der Waals surface area contributed by atoms with Gasteiger partial charge in [0.25, 0.3) is 0 Å². The number of phenolic OH excluding ortho intramolecular Hbond substituents is 1. The molecule has 94 valence electrons. The van der Waals surface area contributed by atoms with Crippen molar-refractivity contribution in [3.05, 3.63) is 29.3 Å². The average molecular weight is 259 g/mol. The van der Waals surface area contributed by atoms with Crippen molar-refractivity contribution in [1.29, 1.82) is 0 Å². The third-order valence-electron chi connectivity index (χ3n) is 2.26. The number of halogens is 1. The van der Waals surface area contributed by atoms with Crippen LogP contribution in [-0.4, -0.2) is 43.7 Å². The molecule has 4 nitrogen and oxygen atoms in total. The van der Waals surface area contributed by atoms with Crippen LogP contribution in [0, 0.1) is 0 Å². The molecule has 2 heterocycles. The van der Waals surface area contributed by atoms with E-state index < -0.39 is 0 Å². The number of aromatic hydroxyl groups is 1. The van der Waals surface area contributed by atoms with Gasteiger partial charge in [-0.1, -0.05) is 23.7 Å². The van der Waals surface area contributed by atoms with Gasteiger partial charge >= 0.3 is 0 Å². The fourth-order valence-corrected chi connectivity index (χ4v) is 1.25. The number of para-hydroxylation sites is 1. The van der Waals surface area contributed by atoms with E-state index in [1.807, 2.05) is 0 Å². The van der Waals surface area contributed by atoms with Crippen molar-refractivity contribution >= 4 is 11.6 Å². The molecule has 0 spiro atoms. The van der Waals surface area contributed by atoms with Crippen molar-refractivity contribution < 1.29 is 19.3 Å². The van der Waals surface area contributed by atoms with Crippen LogP contribution in [0.2, 0.25) is 5.02 Å². The summed E-state index contributed by atoms with van der Waals surface area (Å²) in [5, 5.41) is 9.18. The summed E-state index contributed by atoms with van der Waals surface area (Å²) >= 11 is 5.46. The summed E-state index contributed by atoms with van der Waals surface area (Å²) in [4.78, 5) is 0. The van der Waals surface area contributed by atoms with Crippen LogP contribution in [0.4, 0.5) is 0 Å². The van der Waals surface area contributed by atoms with Crippen LogP contribution in [0.25, 0.3) is 0 Å². The van der Waals surface area contributed by atoms with E-state index in [1.54, 1.807) is 24.3 Å². The molecule has 0 radical (unpaired) electrons. The molecule has 2 aliphatic rings. The Labute approximate surface area is 105 Å². The van der Waals surface area contributed by atoms with E-state index in [0.717, 1.165) is 26.4 Å². The van der Waals surface area contributed by atoms with Gasteiger partial charge in [-0.2, -0.15) is 0 Å². The lowest BCUT2D eigenvalue weighted by molar-refractivity contribution is 0.102. The molecule has 2 fully saturated rings. The molecule has 17 heavy (non-hydrogen) atoms. The zero-order valence-electron chi connectivity index (χ0n) is 9.34. The third-order valence-corrected chi connectivity index (χ3v) is 2.58. The van der Waals surface area contributed by atoms with Crippen molar-refractivity contribution in [2.75, 3.05) is 26.4 Å². The zero-order valence-corrected chi connectivity index (χ0v) is 10.1. The number of rotatable bonds is 4. The lowest BCUT2D eigenvalue weighted by atomic mass is 10.3. The van der Waals surface area contributed by atoms with Gasteiger partial charge in [0.15, 0.2) is 0 Å². The summed E-state index contributed by atoms with van der Waals surface area (Å²) in [5.74, 6) is 0.133. The first-order chi connectivity index (χ1) is 8.25. The van der Waals surface area contributed by atoms with E-state index in [4.69, 9.17) is 30.9 Å². The van der Waals surface area contributed by atoms with Crippen LogP contribution in [0.15, 0.2) is 24.3 Å². The lowest BCUT2D eigenvalue weighted by Gasteiger charge is -1.95. The van der Waals surface area contributed by atoms with Gasteiger partial charge in [-0.15, -0.1) is 0 Å². The van der Waals surface area contributed by atoms with Crippen LogP contribution >= 0.6 is 11.6 Å². The Bertz CT molecular complexity index is 317. The van der Waals surface area contributed by atoms with Gasteiger partial charge in [0.05, 0.1) is 31.5 Å². The molecular formula is C12H15ClO4. The van der Waals surface area contributed by atoms with Gasteiger partial charge in [-0.25, -0.2) is 0 Å². The Hall–Kier alpha value is -0.810. The van der Waals surface area contributed by atoms with Crippen molar-refractivity contribution in [3.63, 3.8) is 0 Å². The fraction of sp³-hybridized carbons (Fsp3) is 0.500. The summed E-state index contributed by atoms with van der Waals surface area (Å²) in [7, 11) is 0. The van der Waals surface area contributed by atoms with E-state index in [1.165, 1.54) is 0 Å². The molecule has 1 N–H and O–H groups in total. The van der Waals surface area contributed by atoms with E-state index in [0.29, 0.717) is 17.2 Å². The molecule has 5 heteroatoms. The number of benzene rings is 1. The lowest BCUT2D eigenvalue weighted by Crippen LogP contribution is -2.06. The van der Waals surface area contributed by atoms with Gasteiger partial charge in [-0.3, -0.25) is 0 Å². The Balaban J connectivity index is 0.000000128. The fourth-order valence-electron chi connectivity index (χ4n) is 1.11. The molecule has 2 saturated heterocycles. The second kappa shape index (κ2) is 6.21. The number of epoxide rings is 2. The first kappa shape index (κ1) is 12.6. The van der Waals surface area contributed by atoms with E-state index >= 15 is 0 Å². The van der Waals surface area contributed by atoms with Gasteiger partial charge < -0.3 is 19.3 Å². The highest BCUT2D eigenvalue weighted by molar-refractivity contribution is 6.31. The van der Waals surface area contributed by atoms with Gasteiger partial charge in [-0.05, 0) is 12.1 Å². The number of hydrogen-bond acceptors (Lipinski definition) is 4. The van der Waals surface area contributed by atoms with Crippen LogP contribution in [0.3, 0.4) is 0 Å². The summed E-state index contributed by atoms with van der Waals surface area (Å²) < 4.78 is 15.1. The maximum atomic E-state index is 8.79. The maximum Gasteiger partial charge on any atom is 0.134 e. The molecule has 2 unspecified atom stereocenters. The molecule has 0 bridgehead atoms. The highest BCUT2D eigenvalue weighted by Gasteiger charge is 2.26. The molecule has 2 aliphatic heterocycles. The van der Waals surface area contributed by atoms with Gasteiger partial charge in [0, 0.05) is 0 Å². The quantitative estimate of drug-likeness (QED) is 0.838. The normalized spacial score (nSPS) is 24.8. The first-order valence-electron chi connectivity index (χ1n) is 5.50. The van der Waals surface area contributed by atoms with E-state index in [9.17, 15) is 0 Å². The molecule has 0 saturated carbocycles. The zero-order chi connectivity index (χ0) is 12.1. The Morgan fingerprint density at radius 2 is 1.71 bits per heavy atom. The van der Waals surface area contributed by atoms with Crippen LogP contribution in [-0.2, 0) is 14.2 Å². The number of phenols is 1. The third kappa shape index (κ3) is 5.37. The van der Waals surface area contributed by atoms with Crippen molar-refractivity contribution in [3.8, 4) is 5.75 Å². The number of hydrogen-bond donors (Lipinski definition) is 1. The Kier molecular flexibility index (Phi) is 4.62. The highest BCUT2D eigenvalue weighted by Crippen LogP contribution is 2.20. The average Bonchev–Trinajstić information content (AvgIpc) is 3.16. The largest absolute Gasteiger partial charge is 0.506 e. The van der Waals surface area contributed by atoms with E-state index in [2.05, 4.69) is 0 Å². The SMILES string of the molecule is C(OCC1CO1)C1CO1.Oc1ccccc1Cl. The van der Waals surface area contributed by atoms with Gasteiger partial charge in [0.1, 0.15) is 18.0 Å². The summed E-state index contributed by atoms with van der Waals surface area (Å²) in [6.07, 6.45) is 0.785. The van der Waals surface area contributed by atoms with Crippen LogP contribution < -0.4 is 0 Å². The minimum Gasteiger partial charge on any atom is -0.506 e. The molecule has 0 amide bonds. The molecule has 1 aromatic rings. The van der Waals surface area contributed by atoms with Crippen molar-refractivity contribution in [2.24, 2.45) is 0 Å². The summed E-state index contributed by atoms with van der Waals surface area (Å²) in [6.45, 7) is 3.26. The molecule has 2 atom stereocenters. The monoisotopic (exact) mass is 258 g/mol. The first-order valence-corrected chi connectivity index (χ1v) is 5.88. The Morgan fingerprint density at radius 1 is 1.18 bits per heavy atom. The maximum absolute atomic E-state index is 8.79. The predicted octanol–water partition coefficient (Wildman–Crippen LogP) is 1.85. The second-order valence-corrected chi connectivity index (χ2v) is 4.31. The predicted molar refractivity (Wildman–Crippen MR) is 63.4 cm³/mol. The van der Waals surface area contributed by atoms with Crippen LogP contribution in [0.1, 0.15) is 0 Å². The van der Waals surface area contributed by atoms with Crippen molar-refractivity contribution in [2.45, 2.75) is 12.2 Å². The molecule has 0 aliphatic carbocycles. The number of ether oxygens (including phenoxy) is 3. The van der Waals surface area contributed by atoms with Crippen molar-refractivity contribution in [1.82, 2.24) is 0 Å². The minimum absolute atomic E-state index is 0.133. The Morgan fingerprint density at radius 3 is 2.06 bits per heavy atom. The smallest absolute Gasteiger partial charge is 0.134 e. The molecular weight excluding hydrogens is 244 g/mol.